The molecule has 0 radical (unpaired) electrons. The minimum Gasteiger partial charge on any atom is -0.359 e. The molecule has 2 bridgehead atoms. The topological polar surface area (TPSA) is 111 Å². The lowest BCUT2D eigenvalue weighted by molar-refractivity contribution is -0.120. The standard InChI is InChI=1S/C27H26F2N8O/c1-26(2)16-9-11-27(26,24-15(16)13-19(34-35-24)23-17(28)5-4-6-18(23)29)20-10-12-31-25(33-20)37-14-32-21(36-37)7-8-22(38)30-3/h4-6,10,12-14,16H,7-9,11H2,1-3H3,(H,30,38)/t16-,27+/m0/s1. The van der Waals surface area contributed by atoms with Crippen molar-refractivity contribution in [1.29, 1.82) is 0 Å². The Bertz CT molecular complexity index is 1550. The molecule has 2 aliphatic rings. The van der Waals surface area contributed by atoms with Crippen LogP contribution in [0, 0.1) is 17.0 Å². The Balaban J connectivity index is 1.40. The first-order valence-corrected chi connectivity index (χ1v) is 12.5. The van der Waals surface area contributed by atoms with Gasteiger partial charge in [-0.25, -0.2) is 23.7 Å². The second-order valence-corrected chi connectivity index (χ2v) is 10.4. The van der Waals surface area contributed by atoms with Crippen LogP contribution < -0.4 is 5.32 Å². The minimum absolute atomic E-state index is 0.0846. The molecular weight excluding hydrogens is 490 g/mol. The Morgan fingerprint density at radius 2 is 1.95 bits per heavy atom. The van der Waals surface area contributed by atoms with Crippen molar-refractivity contribution in [1.82, 2.24) is 40.2 Å². The van der Waals surface area contributed by atoms with Crippen LogP contribution >= 0.6 is 0 Å². The Morgan fingerprint density at radius 1 is 1.16 bits per heavy atom. The summed E-state index contributed by atoms with van der Waals surface area (Å²) in [5.41, 5.74) is 1.72. The Hall–Kier alpha value is -4.15. The summed E-state index contributed by atoms with van der Waals surface area (Å²) >= 11 is 0. The van der Waals surface area contributed by atoms with E-state index in [4.69, 9.17) is 4.98 Å². The first-order chi connectivity index (χ1) is 18.3. The fourth-order valence-corrected chi connectivity index (χ4v) is 6.31. The van der Waals surface area contributed by atoms with E-state index in [1.54, 1.807) is 19.3 Å². The maximum Gasteiger partial charge on any atom is 0.252 e. The number of hydrogen-bond acceptors (Lipinski definition) is 7. The third kappa shape index (κ3) is 3.44. The summed E-state index contributed by atoms with van der Waals surface area (Å²) in [5, 5.41) is 15.9. The molecule has 11 heteroatoms. The number of halogens is 2. The van der Waals surface area contributed by atoms with Crippen molar-refractivity contribution >= 4 is 5.91 Å². The summed E-state index contributed by atoms with van der Waals surface area (Å²) in [6, 6.07) is 7.46. The highest BCUT2D eigenvalue weighted by Gasteiger charge is 2.65. The molecule has 0 aliphatic heterocycles. The summed E-state index contributed by atoms with van der Waals surface area (Å²) in [6.45, 7) is 4.37. The van der Waals surface area contributed by atoms with Crippen LogP contribution in [0.3, 0.4) is 0 Å². The van der Waals surface area contributed by atoms with Crippen molar-refractivity contribution < 1.29 is 13.6 Å². The number of fused-ring (bicyclic) bond motifs is 5. The average Bonchev–Trinajstić information content (AvgIpc) is 3.55. The van der Waals surface area contributed by atoms with Gasteiger partial charge in [-0.15, -0.1) is 10.2 Å². The van der Waals surface area contributed by atoms with E-state index in [2.05, 4.69) is 44.4 Å². The Labute approximate surface area is 217 Å². The lowest BCUT2D eigenvalue weighted by atomic mass is 9.66. The number of rotatable bonds is 6. The van der Waals surface area contributed by atoms with Gasteiger partial charge in [0.25, 0.3) is 5.95 Å². The zero-order valence-electron chi connectivity index (χ0n) is 21.2. The molecule has 9 nitrogen and oxygen atoms in total. The molecule has 38 heavy (non-hydrogen) atoms. The zero-order valence-corrected chi connectivity index (χ0v) is 21.2. The molecule has 1 saturated carbocycles. The summed E-state index contributed by atoms with van der Waals surface area (Å²) in [7, 11) is 1.59. The van der Waals surface area contributed by atoms with E-state index in [9.17, 15) is 13.6 Å². The van der Waals surface area contributed by atoms with Crippen LogP contribution in [-0.4, -0.2) is 47.9 Å². The van der Waals surface area contributed by atoms with Gasteiger partial charge >= 0.3 is 0 Å². The molecule has 1 aromatic carbocycles. The average molecular weight is 517 g/mol. The van der Waals surface area contributed by atoms with Crippen molar-refractivity contribution in [3.8, 4) is 17.2 Å². The van der Waals surface area contributed by atoms with Gasteiger partial charge in [-0.05, 0) is 54.0 Å². The molecule has 194 valence electrons. The third-order valence-corrected chi connectivity index (χ3v) is 8.28. The number of aromatic nitrogens is 7. The molecule has 6 rings (SSSR count). The molecule has 3 aromatic heterocycles. The summed E-state index contributed by atoms with van der Waals surface area (Å²) < 4.78 is 30.6. The highest BCUT2D eigenvalue weighted by Crippen LogP contribution is 2.69. The number of amides is 1. The first kappa shape index (κ1) is 24.2. The number of nitrogens with zero attached hydrogens (tertiary/aromatic N) is 7. The van der Waals surface area contributed by atoms with Crippen molar-refractivity contribution in [2.24, 2.45) is 5.41 Å². The number of hydrogen-bond donors (Lipinski definition) is 1. The monoisotopic (exact) mass is 516 g/mol. The van der Waals surface area contributed by atoms with E-state index in [-0.39, 0.29) is 34.9 Å². The second kappa shape index (κ2) is 8.71. The Kier molecular flexibility index (Phi) is 5.55. The van der Waals surface area contributed by atoms with E-state index >= 15 is 0 Å². The highest BCUT2D eigenvalue weighted by molar-refractivity contribution is 5.75. The van der Waals surface area contributed by atoms with E-state index in [0.29, 0.717) is 18.2 Å². The molecule has 0 saturated heterocycles. The normalized spacial score (nSPS) is 20.9. The van der Waals surface area contributed by atoms with Crippen molar-refractivity contribution in [3.05, 3.63) is 77.3 Å². The van der Waals surface area contributed by atoms with Gasteiger partial charge in [0.1, 0.15) is 18.0 Å². The van der Waals surface area contributed by atoms with Gasteiger partial charge in [-0.1, -0.05) is 19.9 Å². The first-order valence-electron chi connectivity index (χ1n) is 12.5. The van der Waals surface area contributed by atoms with Gasteiger partial charge in [0, 0.05) is 26.1 Å². The maximum atomic E-state index is 14.5. The van der Waals surface area contributed by atoms with Crippen molar-refractivity contribution in [3.63, 3.8) is 0 Å². The van der Waals surface area contributed by atoms with E-state index in [0.717, 1.165) is 29.8 Å². The number of carbonyl (C=O) groups excluding carboxylic acids is 1. The van der Waals surface area contributed by atoms with Crippen molar-refractivity contribution in [2.75, 3.05) is 7.05 Å². The SMILES string of the molecule is CNC(=O)CCc1ncn(-c2nccc([C@]34CC[C@@H](c5cc(-c6c(F)cccc6F)nnc53)C4(C)C)n2)n1. The van der Waals surface area contributed by atoms with Gasteiger partial charge in [0.15, 0.2) is 5.82 Å². The number of aryl methyl sites for hydroxylation is 1. The molecule has 4 aromatic rings. The lowest BCUT2D eigenvalue weighted by Gasteiger charge is -2.37. The smallest absolute Gasteiger partial charge is 0.252 e. The molecule has 0 spiro atoms. The van der Waals surface area contributed by atoms with Gasteiger partial charge < -0.3 is 5.32 Å². The van der Waals surface area contributed by atoms with E-state index in [1.165, 1.54) is 29.2 Å². The maximum absolute atomic E-state index is 14.5. The van der Waals surface area contributed by atoms with Crippen LogP contribution in [0.2, 0.25) is 0 Å². The van der Waals surface area contributed by atoms with Gasteiger partial charge in [-0.3, -0.25) is 4.79 Å². The fraction of sp³-hybridized carbons (Fsp3) is 0.370. The van der Waals surface area contributed by atoms with Crippen LogP contribution in [0.1, 0.15) is 61.8 Å². The largest absolute Gasteiger partial charge is 0.359 e. The van der Waals surface area contributed by atoms with Crippen LogP contribution in [0.25, 0.3) is 17.2 Å². The molecule has 1 fully saturated rings. The van der Waals surface area contributed by atoms with Crippen LogP contribution in [0.5, 0.6) is 0 Å². The van der Waals surface area contributed by atoms with E-state index < -0.39 is 17.0 Å². The number of benzene rings is 1. The zero-order chi connectivity index (χ0) is 26.7. The highest BCUT2D eigenvalue weighted by atomic mass is 19.1. The summed E-state index contributed by atoms with van der Waals surface area (Å²) in [6.07, 6.45) is 5.61. The minimum atomic E-state index is -0.667. The third-order valence-electron chi connectivity index (χ3n) is 8.28. The number of carbonyl (C=O) groups is 1. The molecule has 0 unspecified atom stereocenters. The molecule has 1 N–H and O–H groups in total. The van der Waals surface area contributed by atoms with Gasteiger partial charge in [0.2, 0.25) is 5.91 Å². The second-order valence-electron chi connectivity index (χ2n) is 10.4. The predicted molar refractivity (Wildman–Crippen MR) is 133 cm³/mol. The molecule has 2 aliphatic carbocycles. The van der Waals surface area contributed by atoms with Gasteiger partial charge in [-0.2, -0.15) is 9.78 Å². The predicted octanol–water partition coefficient (Wildman–Crippen LogP) is 3.67. The molecular formula is C27H26F2N8O. The van der Waals surface area contributed by atoms with E-state index in [1.807, 2.05) is 6.07 Å². The van der Waals surface area contributed by atoms with Crippen LogP contribution in [0.4, 0.5) is 8.78 Å². The van der Waals surface area contributed by atoms with Crippen LogP contribution in [-0.2, 0) is 16.6 Å². The Morgan fingerprint density at radius 3 is 2.71 bits per heavy atom. The number of nitrogens with one attached hydrogen (secondary N) is 1. The quantitative estimate of drug-likeness (QED) is 0.416. The molecule has 1 amide bonds. The van der Waals surface area contributed by atoms with Crippen molar-refractivity contribution in [2.45, 2.75) is 50.9 Å². The fourth-order valence-electron chi connectivity index (χ4n) is 6.31. The van der Waals surface area contributed by atoms with Crippen LogP contribution in [0.15, 0.2) is 42.9 Å². The lowest BCUT2D eigenvalue weighted by Crippen LogP contribution is -2.38. The summed E-state index contributed by atoms with van der Waals surface area (Å²) in [5.74, 6) is -0.409. The summed E-state index contributed by atoms with van der Waals surface area (Å²) in [4.78, 5) is 25.2. The molecule has 2 atom stereocenters. The molecule has 3 heterocycles. The van der Waals surface area contributed by atoms with Gasteiger partial charge in [0.05, 0.1) is 28.1 Å².